The largest absolute Gasteiger partial charge is 0.365 e. The Balaban J connectivity index is 1.40. The lowest BCUT2D eigenvalue weighted by Gasteiger charge is -2.33. The molecule has 0 spiro atoms. The number of anilines is 2. The number of benzene rings is 1. The van der Waals surface area contributed by atoms with Gasteiger partial charge in [0.05, 0.1) is 16.9 Å². The summed E-state index contributed by atoms with van der Waals surface area (Å²) in [7, 11) is -4.45. The van der Waals surface area contributed by atoms with E-state index < -0.39 is 26.6 Å². The third-order valence-corrected chi connectivity index (χ3v) is 8.39. The third kappa shape index (κ3) is 6.20. The number of sulfonamides is 1. The van der Waals surface area contributed by atoms with Gasteiger partial charge >= 0.3 is 0 Å². The summed E-state index contributed by atoms with van der Waals surface area (Å²) >= 11 is 6.15. The zero-order valence-electron chi connectivity index (χ0n) is 22.1. The van der Waals surface area contributed by atoms with Crippen LogP contribution in [-0.4, -0.2) is 58.3 Å². The molecule has 1 aliphatic rings. The van der Waals surface area contributed by atoms with Crippen LogP contribution in [0.25, 0.3) is 22.3 Å². The van der Waals surface area contributed by atoms with Gasteiger partial charge in [-0.25, -0.2) is 37.1 Å². The van der Waals surface area contributed by atoms with Gasteiger partial charge in [-0.2, -0.15) is 0 Å². The maximum Gasteiger partial charge on any atom is 0.264 e. The number of fused-ring (bicyclic) bond motifs is 1. The molecule has 3 aromatic heterocycles. The number of nitrogens with one attached hydrogen (secondary N) is 2. The van der Waals surface area contributed by atoms with E-state index >= 15 is 0 Å². The summed E-state index contributed by atoms with van der Waals surface area (Å²) in [5, 5.41) is 3.26. The monoisotopic (exact) mass is 601 g/mol. The van der Waals surface area contributed by atoms with E-state index in [9.17, 15) is 22.0 Å². The van der Waals surface area contributed by atoms with Crippen molar-refractivity contribution in [1.29, 1.82) is 0 Å². The fraction of sp³-hybridized carbons (Fsp3) is 0.296. The van der Waals surface area contributed by atoms with Crippen LogP contribution < -0.4 is 10.0 Å². The SMILES string of the molecule is CC(C)C(=O)N1CCC(Nc2ncnc3ccc(-c4cnc(Cl)c(NS(=O)(=O)c5ccc(F)cc5F)c4)nc23)CC1. The number of aromatic nitrogens is 4. The van der Waals surface area contributed by atoms with Gasteiger partial charge in [-0.1, -0.05) is 25.4 Å². The normalized spacial score (nSPS) is 14.4. The van der Waals surface area contributed by atoms with E-state index in [2.05, 4.69) is 25.0 Å². The lowest BCUT2D eigenvalue weighted by molar-refractivity contribution is -0.135. The Labute approximate surface area is 240 Å². The molecule has 0 aliphatic carbocycles. The molecule has 4 heterocycles. The van der Waals surface area contributed by atoms with Crippen molar-refractivity contribution in [3.63, 3.8) is 0 Å². The minimum Gasteiger partial charge on any atom is -0.365 e. The highest BCUT2D eigenvalue weighted by molar-refractivity contribution is 7.92. The summed E-state index contributed by atoms with van der Waals surface area (Å²) in [5.74, 6) is -1.53. The average molecular weight is 602 g/mol. The number of carbonyl (C=O) groups excluding carboxylic acids is 1. The zero-order chi connectivity index (χ0) is 29.3. The van der Waals surface area contributed by atoms with Crippen LogP contribution in [0.3, 0.4) is 0 Å². The zero-order valence-corrected chi connectivity index (χ0v) is 23.7. The minimum atomic E-state index is -4.45. The fourth-order valence-electron chi connectivity index (χ4n) is 4.56. The second kappa shape index (κ2) is 11.5. The number of piperidine rings is 1. The highest BCUT2D eigenvalue weighted by atomic mass is 35.5. The van der Waals surface area contributed by atoms with E-state index in [1.807, 2.05) is 18.7 Å². The van der Waals surface area contributed by atoms with Gasteiger partial charge in [0.15, 0.2) is 11.0 Å². The van der Waals surface area contributed by atoms with Crippen LogP contribution in [-0.2, 0) is 14.8 Å². The molecule has 1 saturated heterocycles. The van der Waals surface area contributed by atoms with Crippen LogP contribution >= 0.6 is 11.6 Å². The molecule has 0 saturated carbocycles. The Bertz CT molecular complexity index is 1730. The van der Waals surface area contributed by atoms with Gasteiger partial charge in [0, 0.05) is 42.9 Å². The van der Waals surface area contributed by atoms with Crippen LogP contribution in [0, 0.1) is 17.6 Å². The van der Waals surface area contributed by atoms with Crippen LogP contribution in [0.4, 0.5) is 20.3 Å². The molecule has 41 heavy (non-hydrogen) atoms. The molecule has 0 radical (unpaired) electrons. The van der Waals surface area contributed by atoms with Crippen molar-refractivity contribution in [3.05, 3.63) is 65.7 Å². The summed E-state index contributed by atoms with van der Waals surface area (Å²) in [4.78, 5) is 30.9. The van der Waals surface area contributed by atoms with Crippen LogP contribution in [0.5, 0.6) is 0 Å². The van der Waals surface area contributed by atoms with Crippen molar-refractivity contribution in [2.75, 3.05) is 23.1 Å². The second-order valence-electron chi connectivity index (χ2n) is 9.93. The summed E-state index contributed by atoms with van der Waals surface area (Å²) in [6.07, 6.45) is 4.37. The first-order valence-corrected chi connectivity index (χ1v) is 14.7. The Morgan fingerprint density at radius 2 is 1.83 bits per heavy atom. The van der Waals surface area contributed by atoms with Gasteiger partial charge in [-0.3, -0.25) is 9.52 Å². The number of hydrogen-bond acceptors (Lipinski definition) is 8. The minimum absolute atomic E-state index is 0.0461. The highest BCUT2D eigenvalue weighted by Crippen LogP contribution is 2.30. The number of carbonyl (C=O) groups is 1. The third-order valence-electron chi connectivity index (χ3n) is 6.69. The first-order chi connectivity index (χ1) is 19.5. The maximum absolute atomic E-state index is 14.2. The first kappa shape index (κ1) is 28.6. The maximum atomic E-state index is 14.2. The van der Waals surface area contributed by atoms with Gasteiger partial charge < -0.3 is 10.2 Å². The number of rotatable bonds is 7. The molecule has 1 aliphatic heterocycles. The van der Waals surface area contributed by atoms with Crippen LogP contribution in [0.2, 0.25) is 5.15 Å². The number of likely N-dealkylation sites (tertiary alicyclic amines) is 1. The van der Waals surface area contributed by atoms with Crippen molar-refractivity contribution >= 4 is 50.1 Å². The first-order valence-electron chi connectivity index (χ1n) is 12.8. The summed E-state index contributed by atoms with van der Waals surface area (Å²) < 4.78 is 55.3. The summed E-state index contributed by atoms with van der Waals surface area (Å²) in [6.45, 7) is 5.07. The van der Waals surface area contributed by atoms with Gasteiger partial charge in [0.1, 0.15) is 28.4 Å². The molecule has 0 atom stereocenters. The number of nitrogens with zero attached hydrogens (tertiary/aromatic N) is 5. The molecule has 1 fully saturated rings. The van der Waals surface area contributed by atoms with E-state index in [-0.39, 0.29) is 28.7 Å². The van der Waals surface area contributed by atoms with Crippen molar-refractivity contribution in [2.24, 2.45) is 5.92 Å². The standard InChI is InChI=1S/C27H26ClF2N7O3S/c1-15(2)27(38)37-9-7-18(8-10-37)34-26-24-21(32-14-33-26)5-4-20(35-24)16-11-22(25(28)31-13-16)36-41(39,40)23-6-3-17(29)12-19(23)30/h3-6,11-15,18,36H,7-10H2,1-2H3,(H,32,33,34). The molecule has 5 rings (SSSR count). The summed E-state index contributed by atoms with van der Waals surface area (Å²) in [6, 6.07) is 7.09. The Kier molecular flexibility index (Phi) is 8.00. The van der Waals surface area contributed by atoms with Gasteiger partial charge in [0.25, 0.3) is 10.0 Å². The quantitative estimate of drug-likeness (QED) is 0.287. The molecule has 4 aromatic rings. The van der Waals surface area contributed by atoms with Gasteiger partial charge in [0.2, 0.25) is 5.91 Å². The molecule has 214 valence electrons. The van der Waals surface area contributed by atoms with Crippen LogP contribution in [0.1, 0.15) is 26.7 Å². The molecule has 1 amide bonds. The highest BCUT2D eigenvalue weighted by Gasteiger charge is 2.25. The van der Waals surface area contributed by atoms with E-state index in [0.29, 0.717) is 47.3 Å². The lowest BCUT2D eigenvalue weighted by atomic mass is 10.0. The van der Waals surface area contributed by atoms with Crippen molar-refractivity contribution in [3.8, 4) is 11.3 Å². The van der Waals surface area contributed by atoms with E-state index in [1.165, 1.54) is 18.6 Å². The summed E-state index contributed by atoms with van der Waals surface area (Å²) in [5.41, 5.74) is 1.83. The van der Waals surface area contributed by atoms with Crippen molar-refractivity contribution in [2.45, 2.75) is 37.6 Å². The molecular weight excluding hydrogens is 576 g/mol. The van der Waals surface area contributed by atoms with E-state index in [1.54, 1.807) is 12.1 Å². The lowest BCUT2D eigenvalue weighted by Crippen LogP contribution is -2.44. The number of halogens is 3. The number of pyridine rings is 2. The average Bonchev–Trinajstić information content (AvgIpc) is 2.94. The second-order valence-corrected chi connectivity index (χ2v) is 11.9. The molecule has 14 heteroatoms. The van der Waals surface area contributed by atoms with Crippen molar-refractivity contribution in [1.82, 2.24) is 24.8 Å². The molecule has 0 bridgehead atoms. The smallest absolute Gasteiger partial charge is 0.264 e. The fourth-order valence-corrected chi connectivity index (χ4v) is 5.89. The topological polar surface area (TPSA) is 130 Å². The van der Waals surface area contributed by atoms with E-state index in [0.717, 1.165) is 25.0 Å². The van der Waals surface area contributed by atoms with Gasteiger partial charge in [-0.15, -0.1) is 0 Å². The molecule has 0 unspecified atom stereocenters. The molecular formula is C27H26ClF2N7O3S. The molecule has 2 N–H and O–H groups in total. The number of amides is 1. The predicted molar refractivity (Wildman–Crippen MR) is 151 cm³/mol. The van der Waals surface area contributed by atoms with E-state index in [4.69, 9.17) is 16.6 Å². The Morgan fingerprint density at radius 1 is 1.07 bits per heavy atom. The number of hydrogen-bond donors (Lipinski definition) is 2. The molecule has 1 aromatic carbocycles. The predicted octanol–water partition coefficient (Wildman–Crippen LogP) is 4.88. The molecule has 10 nitrogen and oxygen atoms in total. The van der Waals surface area contributed by atoms with Gasteiger partial charge in [-0.05, 0) is 43.2 Å². The Morgan fingerprint density at radius 3 is 2.54 bits per heavy atom. The Hall–Kier alpha value is -3.97. The van der Waals surface area contributed by atoms with Crippen molar-refractivity contribution < 1.29 is 22.0 Å². The van der Waals surface area contributed by atoms with Crippen LogP contribution in [0.15, 0.2) is 53.8 Å².